The van der Waals surface area contributed by atoms with Crippen molar-refractivity contribution < 1.29 is 14.2 Å². The SMILES string of the molecule is CCOC(CCOC1CCC(N)CC1)OCC. The van der Waals surface area contributed by atoms with Gasteiger partial charge in [-0.05, 0) is 39.5 Å². The van der Waals surface area contributed by atoms with E-state index in [-0.39, 0.29) is 6.29 Å². The van der Waals surface area contributed by atoms with Crippen molar-refractivity contribution in [3.63, 3.8) is 0 Å². The Morgan fingerprint density at radius 2 is 1.65 bits per heavy atom. The standard InChI is InChI=1S/C13H27NO3/c1-3-15-13(16-4-2)9-10-17-12-7-5-11(14)6-8-12/h11-13H,3-10,14H2,1-2H3. The van der Waals surface area contributed by atoms with Crippen LogP contribution in [0.5, 0.6) is 0 Å². The fourth-order valence-electron chi connectivity index (χ4n) is 2.17. The number of nitrogens with two attached hydrogens (primary N) is 1. The molecule has 0 aromatic rings. The van der Waals surface area contributed by atoms with Crippen molar-refractivity contribution >= 4 is 0 Å². The van der Waals surface area contributed by atoms with Gasteiger partial charge >= 0.3 is 0 Å². The van der Waals surface area contributed by atoms with Crippen molar-refractivity contribution in [1.29, 1.82) is 0 Å². The van der Waals surface area contributed by atoms with Crippen molar-refractivity contribution in [2.24, 2.45) is 5.73 Å². The monoisotopic (exact) mass is 245 g/mol. The van der Waals surface area contributed by atoms with Crippen LogP contribution < -0.4 is 5.73 Å². The lowest BCUT2D eigenvalue weighted by molar-refractivity contribution is -0.150. The molecule has 0 radical (unpaired) electrons. The quantitative estimate of drug-likeness (QED) is 0.665. The van der Waals surface area contributed by atoms with Crippen LogP contribution in [-0.2, 0) is 14.2 Å². The molecule has 1 aliphatic rings. The summed E-state index contributed by atoms with van der Waals surface area (Å²) in [5.41, 5.74) is 5.86. The number of hydrogen-bond acceptors (Lipinski definition) is 4. The summed E-state index contributed by atoms with van der Waals surface area (Å²) in [4.78, 5) is 0. The molecule has 4 heteroatoms. The van der Waals surface area contributed by atoms with Crippen molar-refractivity contribution in [3.8, 4) is 0 Å². The van der Waals surface area contributed by atoms with Crippen LogP contribution in [0.3, 0.4) is 0 Å². The molecule has 0 aliphatic heterocycles. The van der Waals surface area contributed by atoms with Gasteiger partial charge in [0.05, 0.1) is 12.7 Å². The van der Waals surface area contributed by atoms with Gasteiger partial charge in [-0.2, -0.15) is 0 Å². The van der Waals surface area contributed by atoms with Crippen LogP contribution in [0.1, 0.15) is 46.0 Å². The molecule has 0 amide bonds. The van der Waals surface area contributed by atoms with E-state index in [1.54, 1.807) is 0 Å². The molecular formula is C13H27NO3. The molecule has 0 heterocycles. The molecule has 2 N–H and O–H groups in total. The lowest BCUT2D eigenvalue weighted by Crippen LogP contribution is -2.31. The van der Waals surface area contributed by atoms with Crippen molar-refractivity contribution in [2.75, 3.05) is 19.8 Å². The summed E-state index contributed by atoms with van der Waals surface area (Å²) in [6.45, 7) is 6.04. The van der Waals surface area contributed by atoms with E-state index in [4.69, 9.17) is 19.9 Å². The van der Waals surface area contributed by atoms with E-state index in [9.17, 15) is 0 Å². The first-order chi connectivity index (χ1) is 8.26. The van der Waals surface area contributed by atoms with E-state index < -0.39 is 0 Å². The smallest absolute Gasteiger partial charge is 0.159 e. The third-order valence-corrected chi connectivity index (χ3v) is 3.13. The van der Waals surface area contributed by atoms with Crippen LogP contribution in [0.4, 0.5) is 0 Å². The highest BCUT2D eigenvalue weighted by Gasteiger charge is 2.19. The Morgan fingerprint density at radius 3 is 2.18 bits per heavy atom. The Morgan fingerprint density at radius 1 is 1.06 bits per heavy atom. The molecule has 1 rings (SSSR count). The van der Waals surface area contributed by atoms with Crippen LogP contribution in [-0.4, -0.2) is 38.3 Å². The molecule has 0 spiro atoms. The van der Waals surface area contributed by atoms with Crippen molar-refractivity contribution in [1.82, 2.24) is 0 Å². The van der Waals surface area contributed by atoms with Gasteiger partial charge in [0.15, 0.2) is 6.29 Å². The molecule has 102 valence electrons. The highest BCUT2D eigenvalue weighted by Crippen LogP contribution is 2.20. The molecule has 0 atom stereocenters. The second-order valence-electron chi connectivity index (χ2n) is 4.54. The minimum atomic E-state index is -0.115. The molecule has 4 nitrogen and oxygen atoms in total. The normalized spacial score (nSPS) is 25.4. The van der Waals surface area contributed by atoms with E-state index in [2.05, 4.69) is 0 Å². The van der Waals surface area contributed by atoms with E-state index in [0.717, 1.165) is 32.1 Å². The molecule has 1 aliphatic carbocycles. The van der Waals surface area contributed by atoms with Gasteiger partial charge in [0.2, 0.25) is 0 Å². The lowest BCUT2D eigenvalue weighted by Gasteiger charge is -2.26. The molecular weight excluding hydrogens is 218 g/mol. The highest BCUT2D eigenvalue weighted by atomic mass is 16.7. The first-order valence-electron chi connectivity index (χ1n) is 6.86. The van der Waals surface area contributed by atoms with Crippen LogP contribution in [0.25, 0.3) is 0 Å². The number of ether oxygens (including phenoxy) is 3. The predicted octanol–water partition coefficient (Wildman–Crippen LogP) is 2.06. The summed E-state index contributed by atoms with van der Waals surface area (Å²) < 4.78 is 16.8. The van der Waals surface area contributed by atoms with Crippen LogP contribution >= 0.6 is 0 Å². The molecule has 1 fully saturated rings. The van der Waals surface area contributed by atoms with E-state index in [0.29, 0.717) is 32.0 Å². The lowest BCUT2D eigenvalue weighted by atomic mass is 9.94. The summed E-state index contributed by atoms with van der Waals surface area (Å²) in [7, 11) is 0. The first kappa shape index (κ1) is 14.9. The number of hydrogen-bond donors (Lipinski definition) is 1. The summed E-state index contributed by atoms with van der Waals surface area (Å²) >= 11 is 0. The van der Waals surface area contributed by atoms with Gasteiger partial charge in [-0.25, -0.2) is 0 Å². The third kappa shape index (κ3) is 6.36. The second-order valence-corrected chi connectivity index (χ2v) is 4.54. The summed E-state index contributed by atoms with van der Waals surface area (Å²) in [5.74, 6) is 0. The molecule has 0 aromatic carbocycles. The maximum absolute atomic E-state index is 5.86. The largest absolute Gasteiger partial charge is 0.378 e. The van der Waals surface area contributed by atoms with Crippen LogP contribution in [0.2, 0.25) is 0 Å². The maximum Gasteiger partial charge on any atom is 0.159 e. The highest BCUT2D eigenvalue weighted by molar-refractivity contribution is 4.74. The van der Waals surface area contributed by atoms with Gasteiger partial charge < -0.3 is 19.9 Å². The third-order valence-electron chi connectivity index (χ3n) is 3.13. The predicted molar refractivity (Wildman–Crippen MR) is 67.8 cm³/mol. The summed E-state index contributed by atoms with van der Waals surface area (Å²) in [6, 6.07) is 0.384. The maximum atomic E-state index is 5.86. The van der Waals surface area contributed by atoms with Crippen molar-refractivity contribution in [2.45, 2.75) is 64.4 Å². The first-order valence-corrected chi connectivity index (χ1v) is 6.86. The topological polar surface area (TPSA) is 53.7 Å². The Balaban J connectivity index is 2.08. The molecule has 0 aromatic heterocycles. The second kappa shape index (κ2) is 8.86. The average Bonchev–Trinajstić information content (AvgIpc) is 2.32. The van der Waals surface area contributed by atoms with E-state index in [1.165, 1.54) is 0 Å². The molecule has 0 bridgehead atoms. The summed E-state index contributed by atoms with van der Waals surface area (Å²) in [6.07, 6.45) is 5.44. The summed E-state index contributed by atoms with van der Waals surface area (Å²) in [5, 5.41) is 0. The van der Waals surface area contributed by atoms with E-state index in [1.807, 2.05) is 13.8 Å². The number of rotatable bonds is 8. The molecule has 0 saturated heterocycles. The zero-order valence-corrected chi connectivity index (χ0v) is 11.2. The molecule has 17 heavy (non-hydrogen) atoms. The van der Waals surface area contributed by atoms with Gasteiger partial charge in [-0.3, -0.25) is 0 Å². The fraction of sp³-hybridized carbons (Fsp3) is 1.00. The Hall–Kier alpha value is -0.160. The molecule has 0 unspecified atom stereocenters. The van der Waals surface area contributed by atoms with Crippen LogP contribution in [0, 0.1) is 0 Å². The Labute approximate surface area is 105 Å². The zero-order valence-electron chi connectivity index (χ0n) is 11.2. The molecule has 1 saturated carbocycles. The van der Waals surface area contributed by atoms with Gasteiger partial charge in [0, 0.05) is 25.7 Å². The van der Waals surface area contributed by atoms with Gasteiger partial charge in [-0.1, -0.05) is 0 Å². The Bertz CT molecular complexity index is 176. The van der Waals surface area contributed by atoms with Gasteiger partial charge in [-0.15, -0.1) is 0 Å². The van der Waals surface area contributed by atoms with Gasteiger partial charge in [0.1, 0.15) is 0 Å². The van der Waals surface area contributed by atoms with E-state index >= 15 is 0 Å². The minimum Gasteiger partial charge on any atom is -0.378 e. The van der Waals surface area contributed by atoms with Crippen molar-refractivity contribution in [3.05, 3.63) is 0 Å². The van der Waals surface area contributed by atoms with Gasteiger partial charge in [0.25, 0.3) is 0 Å². The fourth-order valence-corrected chi connectivity index (χ4v) is 2.17. The Kier molecular flexibility index (Phi) is 7.77. The minimum absolute atomic E-state index is 0.115. The zero-order chi connectivity index (χ0) is 12.5. The van der Waals surface area contributed by atoms with Crippen LogP contribution in [0.15, 0.2) is 0 Å². The average molecular weight is 245 g/mol.